The van der Waals surface area contributed by atoms with Gasteiger partial charge in [-0.1, -0.05) is 38.1 Å². The SMILES string of the molecule is CC(C)c1ccc(C2(CCl)CCOCC2)cc1. The van der Waals surface area contributed by atoms with Crippen molar-refractivity contribution in [2.24, 2.45) is 0 Å². The fourth-order valence-electron chi connectivity index (χ4n) is 2.48. The summed E-state index contributed by atoms with van der Waals surface area (Å²) in [6, 6.07) is 8.99. The highest BCUT2D eigenvalue weighted by atomic mass is 35.5. The zero-order valence-electron chi connectivity index (χ0n) is 10.7. The van der Waals surface area contributed by atoms with Crippen LogP contribution in [0.5, 0.6) is 0 Å². The maximum Gasteiger partial charge on any atom is 0.0474 e. The maximum atomic E-state index is 6.22. The number of ether oxygens (including phenoxy) is 1. The Morgan fingerprint density at radius 1 is 1.18 bits per heavy atom. The van der Waals surface area contributed by atoms with Gasteiger partial charge in [-0.25, -0.2) is 0 Å². The first-order valence-corrected chi connectivity index (χ1v) is 6.95. The topological polar surface area (TPSA) is 9.23 Å². The third kappa shape index (κ3) is 2.66. The smallest absolute Gasteiger partial charge is 0.0474 e. The summed E-state index contributed by atoms with van der Waals surface area (Å²) in [7, 11) is 0. The van der Waals surface area contributed by atoms with Gasteiger partial charge in [-0.2, -0.15) is 0 Å². The van der Waals surface area contributed by atoms with Crippen LogP contribution in [0.2, 0.25) is 0 Å². The van der Waals surface area contributed by atoms with Crippen LogP contribution in [-0.4, -0.2) is 19.1 Å². The lowest BCUT2D eigenvalue weighted by Gasteiger charge is -2.36. The molecule has 0 atom stereocenters. The maximum absolute atomic E-state index is 6.22. The van der Waals surface area contributed by atoms with Crippen molar-refractivity contribution < 1.29 is 4.74 Å². The van der Waals surface area contributed by atoms with Crippen molar-refractivity contribution in [2.75, 3.05) is 19.1 Å². The zero-order chi connectivity index (χ0) is 12.3. The molecule has 0 radical (unpaired) electrons. The minimum absolute atomic E-state index is 0.134. The van der Waals surface area contributed by atoms with Gasteiger partial charge in [-0.3, -0.25) is 0 Å². The van der Waals surface area contributed by atoms with Crippen LogP contribution in [0.3, 0.4) is 0 Å². The van der Waals surface area contributed by atoms with Gasteiger partial charge in [-0.05, 0) is 29.9 Å². The van der Waals surface area contributed by atoms with Crippen LogP contribution in [0.1, 0.15) is 43.7 Å². The first kappa shape index (κ1) is 12.9. The average Bonchev–Trinajstić information content (AvgIpc) is 2.39. The van der Waals surface area contributed by atoms with Crippen LogP contribution in [-0.2, 0) is 10.2 Å². The molecule has 2 heteroatoms. The molecule has 1 aliphatic heterocycles. The van der Waals surface area contributed by atoms with E-state index in [4.69, 9.17) is 16.3 Å². The van der Waals surface area contributed by atoms with Crippen LogP contribution in [0, 0.1) is 0 Å². The summed E-state index contributed by atoms with van der Waals surface area (Å²) in [5, 5.41) is 0. The summed E-state index contributed by atoms with van der Waals surface area (Å²) in [4.78, 5) is 0. The van der Waals surface area contributed by atoms with Gasteiger partial charge >= 0.3 is 0 Å². The predicted octanol–water partition coefficient (Wildman–Crippen LogP) is 4.10. The number of alkyl halides is 1. The number of rotatable bonds is 3. The van der Waals surface area contributed by atoms with Crippen LogP contribution in [0.15, 0.2) is 24.3 Å². The molecule has 0 unspecified atom stereocenters. The van der Waals surface area contributed by atoms with Crippen molar-refractivity contribution >= 4 is 11.6 Å². The zero-order valence-corrected chi connectivity index (χ0v) is 11.5. The number of hydrogen-bond donors (Lipinski definition) is 0. The number of benzene rings is 1. The largest absolute Gasteiger partial charge is 0.381 e. The molecule has 17 heavy (non-hydrogen) atoms. The van der Waals surface area contributed by atoms with Gasteiger partial charge in [-0.15, -0.1) is 11.6 Å². The molecule has 0 aliphatic carbocycles. The molecule has 1 saturated heterocycles. The van der Waals surface area contributed by atoms with Gasteiger partial charge in [0.05, 0.1) is 0 Å². The van der Waals surface area contributed by atoms with E-state index >= 15 is 0 Å². The molecule has 0 aromatic heterocycles. The molecule has 1 aromatic carbocycles. The molecule has 0 amide bonds. The summed E-state index contributed by atoms with van der Waals surface area (Å²) in [6.07, 6.45) is 2.08. The summed E-state index contributed by atoms with van der Waals surface area (Å²) in [5.74, 6) is 1.28. The number of hydrogen-bond acceptors (Lipinski definition) is 1. The standard InChI is InChI=1S/C15H21ClO/c1-12(2)13-3-5-14(6-4-13)15(11-16)7-9-17-10-8-15/h3-6,12H,7-11H2,1-2H3. The predicted molar refractivity (Wildman–Crippen MR) is 73.0 cm³/mol. The van der Waals surface area contributed by atoms with E-state index in [1.807, 2.05) is 0 Å². The summed E-state index contributed by atoms with van der Waals surface area (Å²) < 4.78 is 5.45. The monoisotopic (exact) mass is 252 g/mol. The fourth-order valence-corrected chi connectivity index (χ4v) is 2.90. The van der Waals surface area contributed by atoms with Crippen molar-refractivity contribution in [3.63, 3.8) is 0 Å². The van der Waals surface area contributed by atoms with E-state index in [0.717, 1.165) is 26.1 Å². The third-order valence-corrected chi connectivity index (χ3v) is 4.41. The van der Waals surface area contributed by atoms with Crippen molar-refractivity contribution in [1.82, 2.24) is 0 Å². The first-order valence-electron chi connectivity index (χ1n) is 6.42. The Balaban J connectivity index is 2.24. The van der Waals surface area contributed by atoms with Crippen molar-refractivity contribution in [3.8, 4) is 0 Å². The summed E-state index contributed by atoms with van der Waals surface area (Å²) in [6.45, 7) is 6.11. The Hall–Kier alpha value is -0.530. The molecule has 1 aliphatic rings. The minimum atomic E-state index is 0.134. The molecule has 1 nitrogen and oxygen atoms in total. The second kappa shape index (κ2) is 5.41. The minimum Gasteiger partial charge on any atom is -0.381 e. The lowest BCUT2D eigenvalue weighted by molar-refractivity contribution is 0.0575. The molecule has 0 spiro atoms. The molecule has 0 saturated carbocycles. The van der Waals surface area contributed by atoms with Gasteiger partial charge < -0.3 is 4.74 Å². The quantitative estimate of drug-likeness (QED) is 0.736. The Bertz CT molecular complexity index is 350. The molecule has 94 valence electrons. The van der Waals surface area contributed by atoms with Crippen LogP contribution in [0.25, 0.3) is 0 Å². The van der Waals surface area contributed by atoms with E-state index in [0.29, 0.717) is 11.8 Å². The Morgan fingerprint density at radius 3 is 2.24 bits per heavy atom. The summed E-state index contributed by atoms with van der Waals surface area (Å²) in [5.41, 5.74) is 2.90. The lowest BCUT2D eigenvalue weighted by Crippen LogP contribution is -2.35. The van der Waals surface area contributed by atoms with E-state index < -0.39 is 0 Å². The van der Waals surface area contributed by atoms with Crippen molar-refractivity contribution in [2.45, 2.75) is 38.0 Å². The van der Waals surface area contributed by atoms with E-state index in [1.54, 1.807) is 0 Å². The van der Waals surface area contributed by atoms with Gasteiger partial charge in [0.2, 0.25) is 0 Å². The van der Waals surface area contributed by atoms with E-state index in [9.17, 15) is 0 Å². The van der Waals surface area contributed by atoms with Crippen LogP contribution < -0.4 is 0 Å². The number of halogens is 1. The third-order valence-electron chi connectivity index (χ3n) is 3.90. The molecule has 0 bridgehead atoms. The summed E-state index contributed by atoms with van der Waals surface area (Å²) >= 11 is 6.22. The molecular formula is C15H21ClO. The second-order valence-electron chi connectivity index (χ2n) is 5.30. The average molecular weight is 253 g/mol. The highest BCUT2D eigenvalue weighted by molar-refractivity contribution is 6.18. The van der Waals surface area contributed by atoms with Crippen LogP contribution >= 0.6 is 11.6 Å². The molecule has 0 N–H and O–H groups in total. The van der Waals surface area contributed by atoms with Gasteiger partial charge in [0.25, 0.3) is 0 Å². The Kier molecular flexibility index (Phi) is 4.11. The Morgan fingerprint density at radius 2 is 1.76 bits per heavy atom. The van der Waals surface area contributed by atoms with E-state index in [1.165, 1.54) is 11.1 Å². The molecular weight excluding hydrogens is 232 g/mol. The Labute approximate surface area is 109 Å². The lowest BCUT2D eigenvalue weighted by atomic mass is 9.75. The van der Waals surface area contributed by atoms with Crippen molar-refractivity contribution in [3.05, 3.63) is 35.4 Å². The van der Waals surface area contributed by atoms with E-state index in [-0.39, 0.29) is 5.41 Å². The fraction of sp³-hybridized carbons (Fsp3) is 0.600. The highest BCUT2D eigenvalue weighted by Crippen LogP contribution is 2.36. The van der Waals surface area contributed by atoms with Gasteiger partial charge in [0.15, 0.2) is 0 Å². The van der Waals surface area contributed by atoms with Gasteiger partial charge in [0.1, 0.15) is 0 Å². The normalized spacial score (nSPS) is 19.5. The first-order chi connectivity index (χ1) is 8.18. The molecule has 1 aromatic rings. The highest BCUT2D eigenvalue weighted by Gasteiger charge is 2.33. The second-order valence-corrected chi connectivity index (χ2v) is 5.57. The van der Waals surface area contributed by atoms with E-state index in [2.05, 4.69) is 38.1 Å². The molecule has 2 rings (SSSR count). The van der Waals surface area contributed by atoms with Crippen LogP contribution in [0.4, 0.5) is 0 Å². The molecule has 1 heterocycles. The molecule has 1 fully saturated rings. The van der Waals surface area contributed by atoms with Crippen molar-refractivity contribution in [1.29, 1.82) is 0 Å². The van der Waals surface area contributed by atoms with Gasteiger partial charge in [0, 0.05) is 24.5 Å².